The van der Waals surface area contributed by atoms with Crippen LogP contribution >= 0.6 is 22.9 Å². The second kappa shape index (κ2) is 9.94. The van der Waals surface area contributed by atoms with Crippen LogP contribution in [0.15, 0.2) is 59.4 Å². The van der Waals surface area contributed by atoms with Crippen molar-refractivity contribution >= 4 is 34.5 Å². The van der Waals surface area contributed by atoms with Gasteiger partial charge in [0.1, 0.15) is 18.1 Å². The van der Waals surface area contributed by atoms with Crippen LogP contribution in [-0.2, 0) is 11.4 Å². The van der Waals surface area contributed by atoms with Crippen molar-refractivity contribution in [2.24, 2.45) is 0 Å². The van der Waals surface area contributed by atoms with Crippen molar-refractivity contribution in [2.45, 2.75) is 19.4 Å². The zero-order valence-electron chi connectivity index (χ0n) is 14.6. The molecule has 3 aromatic rings. The number of carbonyl (C=O) groups excluding carboxylic acids is 1. The Labute approximate surface area is 166 Å². The molecule has 140 valence electrons. The summed E-state index contributed by atoms with van der Waals surface area (Å²) >= 11 is 7.35. The zero-order valence-corrected chi connectivity index (χ0v) is 16.1. The maximum atomic E-state index is 12.2. The van der Waals surface area contributed by atoms with Crippen molar-refractivity contribution < 1.29 is 14.3 Å². The number of amides is 1. The SMILES string of the molecule is O=C(CCCOc1ccc(Cl)cc1)Nc1ccccc1OCc1cscn1. The van der Waals surface area contributed by atoms with Gasteiger partial charge in [0.05, 0.1) is 23.5 Å². The van der Waals surface area contributed by atoms with E-state index in [4.69, 9.17) is 21.1 Å². The lowest BCUT2D eigenvalue weighted by molar-refractivity contribution is -0.116. The average Bonchev–Trinajstić information content (AvgIpc) is 3.20. The summed E-state index contributed by atoms with van der Waals surface area (Å²) in [5, 5.41) is 5.49. The van der Waals surface area contributed by atoms with Crippen LogP contribution in [0.25, 0.3) is 0 Å². The largest absolute Gasteiger partial charge is 0.494 e. The van der Waals surface area contributed by atoms with E-state index in [0.717, 1.165) is 11.4 Å². The Bertz CT molecular complexity index is 854. The normalized spacial score (nSPS) is 10.4. The predicted octanol–water partition coefficient (Wildman–Crippen LogP) is 5.17. The number of anilines is 1. The Kier molecular flexibility index (Phi) is 7.07. The molecule has 5 nitrogen and oxygen atoms in total. The highest BCUT2D eigenvalue weighted by molar-refractivity contribution is 7.07. The first-order valence-corrected chi connectivity index (χ1v) is 9.80. The van der Waals surface area contributed by atoms with Gasteiger partial charge in [-0.05, 0) is 42.8 Å². The lowest BCUT2D eigenvalue weighted by Crippen LogP contribution is -2.13. The summed E-state index contributed by atoms with van der Waals surface area (Å²) in [4.78, 5) is 16.4. The van der Waals surface area contributed by atoms with Gasteiger partial charge in [0.2, 0.25) is 5.91 Å². The van der Waals surface area contributed by atoms with Gasteiger partial charge >= 0.3 is 0 Å². The first-order chi connectivity index (χ1) is 13.2. The van der Waals surface area contributed by atoms with Crippen LogP contribution in [0.4, 0.5) is 5.69 Å². The zero-order chi connectivity index (χ0) is 18.9. The van der Waals surface area contributed by atoms with Crippen LogP contribution in [0, 0.1) is 0 Å². The summed E-state index contributed by atoms with van der Waals surface area (Å²) < 4.78 is 11.4. The second-order valence-electron chi connectivity index (χ2n) is 5.72. The Morgan fingerprint density at radius 2 is 1.93 bits per heavy atom. The van der Waals surface area contributed by atoms with Gasteiger partial charge in [-0.25, -0.2) is 4.98 Å². The Morgan fingerprint density at radius 1 is 1.11 bits per heavy atom. The molecule has 2 aromatic carbocycles. The molecular formula is C20H19ClN2O3S. The molecule has 0 spiro atoms. The Balaban J connectivity index is 1.44. The van der Waals surface area contributed by atoms with Gasteiger partial charge in [0.15, 0.2) is 0 Å². The molecule has 0 unspecified atom stereocenters. The molecular weight excluding hydrogens is 384 g/mol. The van der Waals surface area contributed by atoms with E-state index < -0.39 is 0 Å². The maximum Gasteiger partial charge on any atom is 0.224 e. The molecule has 0 saturated heterocycles. The van der Waals surface area contributed by atoms with Gasteiger partial charge in [-0.2, -0.15) is 0 Å². The molecule has 1 aromatic heterocycles. The molecule has 0 aliphatic carbocycles. The summed E-state index contributed by atoms with van der Waals surface area (Å²) in [6, 6.07) is 14.5. The van der Waals surface area contributed by atoms with Crippen molar-refractivity contribution in [2.75, 3.05) is 11.9 Å². The minimum absolute atomic E-state index is 0.0839. The lowest BCUT2D eigenvalue weighted by Gasteiger charge is -2.12. The number of nitrogens with zero attached hydrogens (tertiary/aromatic N) is 1. The van der Waals surface area contributed by atoms with Gasteiger partial charge in [0, 0.05) is 16.8 Å². The summed E-state index contributed by atoms with van der Waals surface area (Å²) in [6.45, 7) is 0.822. The molecule has 1 N–H and O–H groups in total. The molecule has 0 saturated carbocycles. The fourth-order valence-corrected chi connectivity index (χ4v) is 2.99. The van der Waals surface area contributed by atoms with Crippen LogP contribution in [0.1, 0.15) is 18.5 Å². The number of para-hydroxylation sites is 2. The standard InChI is InChI=1S/C20H19ClN2O3S/c21-15-7-9-17(10-8-15)25-11-3-6-20(24)23-18-4-1-2-5-19(18)26-12-16-13-27-14-22-16/h1-2,4-5,7-10,13-14H,3,6,11-12H2,(H,23,24). The molecule has 1 amide bonds. The van der Waals surface area contributed by atoms with E-state index in [-0.39, 0.29) is 5.91 Å². The first kappa shape index (κ1) is 19.2. The third-order valence-electron chi connectivity index (χ3n) is 3.65. The summed E-state index contributed by atoms with van der Waals surface area (Å²) in [6.07, 6.45) is 0.963. The highest BCUT2D eigenvalue weighted by atomic mass is 35.5. The number of hydrogen-bond donors (Lipinski definition) is 1. The van der Waals surface area contributed by atoms with E-state index in [1.54, 1.807) is 29.8 Å². The van der Waals surface area contributed by atoms with Gasteiger partial charge in [0.25, 0.3) is 0 Å². The fourth-order valence-electron chi connectivity index (χ4n) is 2.32. The monoisotopic (exact) mass is 402 g/mol. The molecule has 0 bridgehead atoms. The smallest absolute Gasteiger partial charge is 0.224 e. The molecule has 0 fully saturated rings. The van der Waals surface area contributed by atoms with E-state index in [0.29, 0.717) is 42.5 Å². The van der Waals surface area contributed by atoms with Crippen LogP contribution < -0.4 is 14.8 Å². The summed E-state index contributed by atoms with van der Waals surface area (Å²) in [7, 11) is 0. The molecule has 0 atom stereocenters. The minimum atomic E-state index is -0.0839. The van der Waals surface area contributed by atoms with Gasteiger partial charge < -0.3 is 14.8 Å². The van der Waals surface area contributed by atoms with Crippen molar-refractivity contribution in [1.29, 1.82) is 0 Å². The fraction of sp³-hybridized carbons (Fsp3) is 0.200. The van der Waals surface area contributed by atoms with Gasteiger partial charge in [-0.1, -0.05) is 23.7 Å². The number of halogens is 1. The molecule has 0 aliphatic rings. The van der Waals surface area contributed by atoms with Gasteiger partial charge in [-0.15, -0.1) is 11.3 Å². The second-order valence-corrected chi connectivity index (χ2v) is 6.87. The average molecular weight is 403 g/mol. The maximum absolute atomic E-state index is 12.2. The van der Waals surface area contributed by atoms with Crippen molar-refractivity contribution in [1.82, 2.24) is 4.98 Å². The van der Waals surface area contributed by atoms with E-state index in [1.807, 2.05) is 29.6 Å². The van der Waals surface area contributed by atoms with E-state index in [2.05, 4.69) is 10.3 Å². The number of aromatic nitrogens is 1. The number of benzene rings is 2. The third kappa shape index (κ3) is 6.27. The van der Waals surface area contributed by atoms with Crippen LogP contribution in [0.2, 0.25) is 5.02 Å². The highest BCUT2D eigenvalue weighted by Gasteiger charge is 2.08. The third-order valence-corrected chi connectivity index (χ3v) is 4.54. The number of rotatable bonds is 9. The molecule has 3 rings (SSSR count). The molecule has 7 heteroatoms. The molecule has 1 heterocycles. The number of carbonyl (C=O) groups is 1. The Hall–Kier alpha value is -2.57. The van der Waals surface area contributed by atoms with E-state index >= 15 is 0 Å². The van der Waals surface area contributed by atoms with Crippen LogP contribution in [0.3, 0.4) is 0 Å². The number of hydrogen-bond acceptors (Lipinski definition) is 5. The van der Waals surface area contributed by atoms with Crippen molar-refractivity contribution in [3.63, 3.8) is 0 Å². The number of thiazole rings is 1. The summed E-state index contributed by atoms with van der Waals surface area (Å²) in [5.41, 5.74) is 3.27. The quantitative estimate of drug-likeness (QED) is 0.501. The van der Waals surface area contributed by atoms with Crippen LogP contribution in [-0.4, -0.2) is 17.5 Å². The Morgan fingerprint density at radius 3 is 2.70 bits per heavy atom. The molecule has 0 radical (unpaired) electrons. The topological polar surface area (TPSA) is 60.5 Å². The minimum Gasteiger partial charge on any atom is -0.494 e. The number of nitrogens with one attached hydrogen (secondary N) is 1. The number of ether oxygens (including phenoxy) is 2. The van der Waals surface area contributed by atoms with Crippen molar-refractivity contribution in [3.8, 4) is 11.5 Å². The van der Waals surface area contributed by atoms with Gasteiger partial charge in [-0.3, -0.25) is 4.79 Å². The van der Waals surface area contributed by atoms with E-state index in [9.17, 15) is 4.79 Å². The first-order valence-electron chi connectivity index (χ1n) is 8.48. The highest BCUT2D eigenvalue weighted by Crippen LogP contribution is 2.25. The predicted molar refractivity (Wildman–Crippen MR) is 108 cm³/mol. The molecule has 27 heavy (non-hydrogen) atoms. The van der Waals surface area contributed by atoms with Crippen molar-refractivity contribution in [3.05, 3.63) is 70.1 Å². The van der Waals surface area contributed by atoms with E-state index in [1.165, 1.54) is 11.3 Å². The molecule has 0 aliphatic heterocycles. The summed E-state index contributed by atoms with van der Waals surface area (Å²) in [5.74, 6) is 1.27. The lowest BCUT2D eigenvalue weighted by atomic mass is 10.2. The van der Waals surface area contributed by atoms with Crippen LogP contribution in [0.5, 0.6) is 11.5 Å².